The van der Waals surface area contributed by atoms with Crippen LogP contribution in [0.15, 0.2) is 18.2 Å². The lowest BCUT2D eigenvalue weighted by Crippen LogP contribution is -2.04. The first kappa shape index (κ1) is 9.32. The van der Waals surface area contributed by atoms with Crippen LogP contribution >= 0.6 is 11.6 Å². The van der Waals surface area contributed by atoms with E-state index in [4.69, 9.17) is 26.3 Å². The molecule has 72 valence electrons. The lowest BCUT2D eigenvalue weighted by molar-refractivity contribution is 0.263. The van der Waals surface area contributed by atoms with Gasteiger partial charge in [0, 0.05) is 0 Å². The Hall–Kier alpha value is -1.24. The average molecular weight is 210 g/mol. The Kier molecular flexibility index (Phi) is 2.58. The summed E-state index contributed by atoms with van der Waals surface area (Å²) >= 11 is 5.90. The Bertz CT molecular complexity index is 382. The van der Waals surface area contributed by atoms with Crippen molar-refractivity contribution in [3.63, 3.8) is 0 Å². The van der Waals surface area contributed by atoms with Gasteiger partial charge in [0.1, 0.15) is 18.5 Å². The molecule has 1 atom stereocenters. The summed E-state index contributed by atoms with van der Waals surface area (Å²) < 4.78 is 10.4. The van der Waals surface area contributed by atoms with Crippen molar-refractivity contribution in [2.75, 3.05) is 13.2 Å². The molecule has 0 saturated carbocycles. The highest BCUT2D eigenvalue weighted by molar-refractivity contribution is 6.32. The molecule has 2 rings (SSSR count). The van der Waals surface area contributed by atoms with E-state index in [2.05, 4.69) is 0 Å². The molecule has 0 aromatic heterocycles. The molecule has 0 amide bonds. The fourth-order valence-electron chi connectivity index (χ4n) is 1.03. The number of rotatable bonds is 3. The van der Waals surface area contributed by atoms with Crippen molar-refractivity contribution < 1.29 is 9.47 Å². The van der Waals surface area contributed by atoms with Gasteiger partial charge in [-0.05, 0) is 18.2 Å². The number of halogens is 1. The van der Waals surface area contributed by atoms with Gasteiger partial charge in [-0.15, -0.1) is 0 Å². The number of nitrogens with zero attached hydrogens (tertiary/aromatic N) is 1. The van der Waals surface area contributed by atoms with Crippen molar-refractivity contribution in [2.24, 2.45) is 0 Å². The van der Waals surface area contributed by atoms with Crippen LogP contribution in [0, 0.1) is 11.3 Å². The topological polar surface area (TPSA) is 45.5 Å². The molecule has 1 aliphatic heterocycles. The zero-order chi connectivity index (χ0) is 9.97. The second kappa shape index (κ2) is 3.87. The SMILES string of the molecule is N#Cc1ccc(OCC2CO2)c(Cl)c1. The smallest absolute Gasteiger partial charge is 0.138 e. The Morgan fingerprint density at radius 3 is 3.00 bits per heavy atom. The largest absolute Gasteiger partial charge is 0.489 e. The second-order valence-corrected chi connectivity index (χ2v) is 3.43. The van der Waals surface area contributed by atoms with Crippen molar-refractivity contribution in [2.45, 2.75) is 6.10 Å². The first-order valence-corrected chi connectivity index (χ1v) is 4.61. The second-order valence-electron chi connectivity index (χ2n) is 3.02. The van der Waals surface area contributed by atoms with Gasteiger partial charge in [-0.1, -0.05) is 11.6 Å². The maximum absolute atomic E-state index is 8.61. The summed E-state index contributed by atoms with van der Waals surface area (Å²) in [4.78, 5) is 0. The molecule has 14 heavy (non-hydrogen) atoms. The van der Waals surface area contributed by atoms with Gasteiger partial charge >= 0.3 is 0 Å². The van der Waals surface area contributed by atoms with E-state index in [0.717, 1.165) is 6.61 Å². The third-order valence-corrected chi connectivity index (χ3v) is 2.18. The number of hydrogen-bond acceptors (Lipinski definition) is 3. The van der Waals surface area contributed by atoms with Crippen LogP contribution in [0.5, 0.6) is 5.75 Å². The molecule has 1 aliphatic rings. The Balaban J connectivity index is 2.05. The lowest BCUT2D eigenvalue weighted by Gasteiger charge is -2.05. The highest BCUT2D eigenvalue weighted by atomic mass is 35.5. The Labute approximate surface area is 86.8 Å². The van der Waals surface area contributed by atoms with Crippen molar-refractivity contribution >= 4 is 11.6 Å². The number of hydrogen-bond donors (Lipinski definition) is 0. The van der Waals surface area contributed by atoms with Crippen LogP contribution in [-0.2, 0) is 4.74 Å². The summed E-state index contributed by atoms with van der Waals surface area (Å²) in [5.41, 5.74) is 0.532. The minimum Gasteiger partial charge on any atom is -0.489 e. The van der Waals surface area contributed by atoms with Gasteiger partial charge in [-0.2, -0.15) is 5.26 Å². The number of nitriles is 1. The zero-order valence-electron chi connectivity index (χ0n) is 7.37. The molecular weight excluding hydrogens is 202 g/mol. The summed E-state index contributed by atoms with van der Waals surface area (Å²) in [5.74, 6) is 0.598. The quantitative estimate of drug-likeness (QED) is 0.716. The van der Waals surface area contributed by atoms with E-state index in [1.165, 1.54) is 0 Å². The predicted octanol–water partition coefficient (Wildman–Crippen LogP) is 1.99. The monoisotopic (exact) mass is 209 g/mol. The molecule has 3 nitrogen and oxygen atoms in total. The van der Waals surface area contributed by atoms with E-state index < -0.39 is 0 Å². The fourth-order valence-corrected chi connectivity index (χ4v) is 1.27. The summed E-state index contributed by atoms with van der Waals surface area (Å²) in [7, 11) is 0. The predicted molar refractivity (Wildman–Crippen MR) is 51.4 cm³/mol. The van der Waals surface area contributed by atoms with Gasteiger partial charge in [0.05, 0.1) is 23.3 Å². The number of ether oxygens (including phenoxy) is 2. The molecule has 0 N–H and O–H groups in total. The summed E-state index contributed by atoms with van der Waals surface area (Å²) in [5, 5.41) is 9.07. The molecule has 1 saturated heterocycles. The standard InChI is InChI=1S/C10H8ClNO2/c11-9-3-7(4-12)1-2-10(9)14-6-8-5-13-8/h1-3,8H,5-6H2. The molecule has 4 heteroatoms. The number of benzene rings is 1. The van der Waals surface area contributed by atoms with E-state index in [0.29, 0.717) is 22.9 Å². The van der Waals surface area contributed by atoms with E-state index in [1.54, 1.807) is 18.2 Å². The van der Waals surface area contributed by atoms with Crippen molar-refractivity contribution in [1.82, 2.24) is 0 Å². The third kappa shape index (κ3) is 2.16. The first-order valence-electron chi connectivity index (χ1n) is 4.23. The first-order chi connectivity index (χ1) is 6.79. The Morgan fingerprint density at radius 1 is 1.64 bits per heavy atom. The summed E-state index contributed by atoms with van der Waals surface area (Å²) in [6, 6.07) is 6.97. The zero-order valence-corrected chi connectivity index (χ0v) is 8.12. The van der Waals surface area contributed by atoms with Gasteiger partial charge in [-0.25, -0.2) is 0 Å². The Morgan fingerprint density at radius 2 is 2.43 bits per heavy atom. The molecule has 0 aliphatic carbocycles. The molecule has 0 radical (unpaired) electrons. The molecule has 1 fully saturated rings. The maximum Gasteiger partial charge on any atom is 0.138 e. The fraction of sp³-hybridized carbons (Fsp3) is 0.300. The molecule has 1 unspecified atom stereocenters. The summed E-state index contributed by atoms with van der Waals surface area (Å²) in [6.07, 6.45) is 0.210. The normalized spacial score (nSPS) is 18.7. The van der Waals surface area contributed by atoms with Crippen molar-refractivity contribution in [3.8, 4) is 11.8 Å². The minimum absolute atomic E-state index is 0.210. The highest BCUT2D eigenvalue weighted by Crippen LogP contribution is 2.26. The van der Waals surface area contributed by atoms with Crippen molar-refractivity contribution in [1.29, 1.82) is 5.26 Å². The van der Waals surface area contributed by atoms with Crippen LogP contribution < -0.4 is 4.74 Å². The van der Waals surface area contributed by atoms with Crippen LogP contribution in [0.2, 0.25) is 5.02 Å². The van der Waals surface area contributed by atoms with Gasteiger partial charge in [0.15, 0.2) is 0 Å². The van der Waals surface area contributed by atoms with E-state index in [1.807, 2.05) is 6.07 Å². The highest BCUT2D eigenvalue weighted by Gasteiger charge is 2.23. The van der Waals surface area contributed by atoms with Gasteiger partial charge in [0.2, 0.25) is 0 Å². The van der Waals surface area contributed by atoms with Gasteiger partial charge in [-0.3, -0.25) is 0 Å². The van der Waals surface area contributed by atoms with Crippen LogP contribution in [0.4, 0.5) is 0 Å². The lowest BCUT2D eigenvalue weighted by atomic mass is 10.2. The number of epoxide rings is 1. The minimum atomic E-state index is 0.210. The van der Waals surface area contributed by atoms with E-state index >= 15 is 0 Å². The third-order valence-electron chi connectivity index (χ3n) is 1.89. The molecule has 0 spiro atoms. The molecule has 0 bridgehead atoms. The molecular formula is C10H8ClNO2. The van der Waals surface area contributed by atoms with Crippen LogP contribution in [-0.4, -0.2) is 19.3 Å². The maximum atomic E-state index is 8.61. The van der Waals surface area contributed by atoms with Crippen LogP contribution in [0.3, 0.4) is 0 Å². The molecule has 1 aromatic carbocycles. The summed E-state index contributed by atoms with van der Waals surface area (Å²) in [6.45, 7) is 1.28. The van der Waals surface area contributed by atoms with Crippen LogP contribution in [0.25, 0.3) is 0 Å². The van der Waals surface area contributed by atoms with Crippen molar-refractivity contribution in [3.05, 3.63) is 28.8 Å². The van der Waals surface area contributed by atoms with Gasteiger partial charge in [0.25, 0.3) is 0 Å². The molecule has 1 heterocycles. The molecule has 1 aromatic rings. The van der Waals surface area contributed by atoms with Crippen LogP contribution in [0.1, 0.15) is 5.56 Å². The van der Waals surface area contributed by atoms with E-state index in [-0.39, 0.29) is 6.10 Å². The van der Waals surface area contributed by atoms with E-state index in [9.17, 15) is 0 Å². The average Bonchev–Trinajstić information content (AvgIpc) is 2.99. The van der Waals surface area contributed by atoms with Gasteiger partial charge < -0.3 is 9.47 Å².